The topological polar surface area (TPSA) is 143 Å². The normalized spacial score (nSPS) is 13.9. The average molecular weight is 435 g/mol. The Morgan fingerprint density at radius 1 is 0.875 bits per heavy atom. The van der Waals surface area contributed by atoms with E-state index in [4.69, 9.17) is 0 Å². The predicted octanol–water partition coefficient (Wildman–Crippen LogP) is 1.30. The van der Waals surface area contributed by atoms with Crippen LogP contribution in [0.3, 0.4) is 0 Å². The largest absolute Gasteiger partial charge is 0.507 e. The third-order valence-electron chi connectivity index (χ3n) is 5.44. The molecule has 4 rings (SSSR count). The smallest absolute Gasteiger partial charge is 0.282 e. The lowest BCUT2D eigenvalue weighted by Crippen LogP contribution is -2.49. The molecule has 0 spiro atoms. The molecule has 5 N–H and O–H groups in total. The number of aromatic hydroxyl groups is 1. The van der Waals surface area contributed by atoms with E-state index in [2.05, 4.69) is 10.4 Å². The fourth-order valence-corrected chi connectivity index (χ4v) is 3.57. The molecule has 3 aromatic carbocycles. The van der Waals surface area contributed by atoms with E-state index in [9.17, 15) is 30.0 Å². The van der Waals surface area contributed by atoms with E-state index in [0.29, 0.717) is 22.0 Å². The Bertz CT molecular complexity index is 1210. The number of rotatable bonds is 7. The minimum Gasteiger partial charge on any atom is -0.507 e. The zero-order chi connectivity index (χ0) is 22.9. The Balaban J connectivity index is 1.78. The van der Waals surface area contributed by atoms with Crippen molar-refractivity contribution in [2.24, 2.45) is 5.10 Å². The molecule has 2 amide bonds. The third-order valence-corrected chi connectivity index (χ3v) is 5.44. The molecule has 1 heterocycles. The lowest BCUT2D eigenvalue weighted by atomic mass is 9.92. The van der Waals surface area contributed by atoms with Crippen molar-refractivity contribution in [1.82, 2.24) is 5.01 Å². The van der Waals surface area contributed by atoms with Gasteiger partial charge in [-0.3, -0.25) is 9.59 Å². The van der Waals surface area contributed by atoms with Crippen LogP contribution in [0, 0.1) is 0 Å². The molecule has 1 aliphatic heterocycles. The number of anilines is 1. The van der Waals surface area contributed by atoms with Gasteiger partial charge in [0.05, 0.1) is 37.2 Å². The maximum absolute atomic E-state index is 13.1. The van der Waals surface area contributed by atoms with Crippen LogP contribution in [0.15, 0.2) is 59.7 Å². The molecular formula is C23H21N3O6. The number of amides is 2. The van der Waals surface area contributed by atoms with Crippen LogP contribution in [-0.2, 0) is 0 Å². The van der Waals surface area contributed by atoms with Gasteiger partial charge >= 0.3 is 0 Å². The molecule has 0 atom stereocenters. The first-order chi connectivity index (χ1) is 15.4. The summed E-state index contributed by atoms with van der Waals surface area (Å²) in [5, 5.41) is 47.4. The Kier molecular flexibility index (Phi) is 5.62. The zero-order valence-corrected chi connectivity index (χ0v) is 16.9. The number of nitrogens with zero attached hydrogens (tertiary/aromatic N) is 2. The number of aliphatic hydroxyl groups is 3. The number of benzene rings is 3. The first-order valence-electron chi connectivity index (χ1n) is 9.82. The van der Waals surface area contributed by atoms with Gasteiger partial charge in [0.2, 0.25) is 0 Å². The Morgan fingerprint density at radius 2 is 1.53 bits per heavy atom. The minimum absolute atomic E-state index is 0.0356. The van der Waals surface area contributed by atoms with Crippen molar-refractivity contribution in [2.45, 2.75) is 5.54 Å². The third kappa shape index (κ3) is 3.48. The van der Waals surface area contributed by atoms with Crippen molar-refractivity contribution < 1.29 is 30.0 Å². The average Bonchev–Trinajstić information content (AvgIpc) is 2.82. The minimum atomic E-state index is -1.38. The molecule has 164 valence electrons. The lowest BCUT2D eigenvalue weighted by Gasteiger charge is -2.31. The van der Waals surface area contributed by atoms with Crippen LogP contribution in [0.5, 0.6) is 5.75 Å². The molecule has 1 aliphatic rings. The molecule has 0 aliphatic carbocycles. The number of hydrogen-bond donors (Lipinski definition) is 5. The van der Waals surface area contributed by atoms with E-state index in [1.54, 1.807) is 42.5 Å². The van der Waals surface area contributed by atoms with Gasteiger partial charge in [-0.05, 0) is 30.3 Å². The first-order valence-corrected chi connectivity index (χ1v) is 9.82. The van der Waals surface area contributed by atoms with Crippen molar-refractivity contribution >= 4 is 34.5 Å². The molecule has 0 saturated heterocycles. The predicted molar refractivity (Wildman–Crippen MR) is 118 cm³/mol. The number of aliphatic hydroxyl groups excluding tert-OH is 3. The van der Waals surface area contributed by atoms with Gasteiger partial charge in [-0.25, -0.2) is 0 Å². The number of hydrogen-bond acceptors (Lipinski definition) is 8. The summed E-state index contributed by atoms with van der Waals surface area (Å²) in [5.41, 5.74) is -0.0913. The van der Waals surface area contributed by atoms with E-state index in [-0.39, 0.29) is 16.9 Å². The van der Waals surface area contributed by atoms with Gasteiger partial charge < -0.3 is 25.7 Å². The highest BCUT2D eigenvalue weighted by Gasteiger charge is 2.35. The van der Waals surface area contributed by atoms with E-state index in [0.717, 1.165) is 5.01 Å². The van der Waals surface area contributed by atoms with Crippen LogP contribution in [0.25, 0.3) is 10.8 Å². The van der Waals surface area contributed by atoms with Crippen LogP contribution in [-0.4, -0.2) is 68.8 Å². The number of hydrazone groups is 1. The molecule has 0 unspecified atom stereocenters. The SMILES string of the molecule is O=C1c2cccc3c(NC(CO)(CO)CO)ccc(c23)C(=O)N1N=Cc1ccccc1O. The van der Waals surface area contributed by atoms with Gasteiger partial charge in [-0.1, -0.05) is 24.3 Å². The molecular weight excluding hydrogens is 414 g/mol. The molecule has 0 radical (unpaired) electrons. The van der Waals surface area contributed by atoms with Gasteiger partial charge in [0.15, 0.2) is 0 Å². The molecule has 3 aromatic rings. The summed E-state index contributed by atoms with van der Waals surface area (Å²) in [7, 11) is 0. The van der Waals surface area contributed by atoms with Crippen molar-refractivity contribution in [3.8, 4) is 5.75 Å². The first kappa shape index (κ1) is 21.4. The van der Waals surface area contributed by atoms with Crippen LogP contribution in [0.4, 0.5) is 5.69 Å². The maximum atomic E-state index is 13.1. The standard InChI is InChI=1S/C23H21N3O6/c27-11-23(12-28,13-29)25-18-9-8-17-20-15(18)5-3-6-16(20)21(31)26(22(17)32)24-10-14-4-1-2-7-19(14)30/h1-10,25,27-30H,11-13H2. The highest BCUT2D eigenvalue weighted by molar-refractivity contribution is 6.26. The number of carbonyl (C=O) groups is 2. The van der Waals surface area contributed by atoms with Crippen molar-refractivity contribution in [3.63, 3.8) is 0 Å². The van der Waals surface area contributed by atoms with Gasteiger partial charge in [0, 0.05) is 22.0 Å². The molecule has 0 aromatic heterocycles. The van der Waals surface area contributed by atoms with Crippen LogP contribution in [0.1, 0.15) is 26.3 Å². The van der Waals surface area contributed by atoms with Gasteiger partial charge in [0.25, 0.3) is 11.8 Å². The summed E-state index contributed by atoms with van der Waals surface area (Å²) in [6.07, 6.45) is 1.24. The van der Waals surface area contributed by atoms with Crippen molar-refractivity contribution in [2.75, 3.05) is 25.1 Å². The Hall–Kier alpha value is -3.79. The summed E-state index contributed by atoms with van der Waals surface area (Å²) in [6.45, 7) is -1.60. The summed E-state index contributed by atoms with van der Waals surface area (Å²) >= 11 is 0. The van der Waals surface area contributed by atoms with E-state index in [1.807, 2.05) is 0 Å². The summed E-state index contributed by atoms with van der Waals surface area (Å²) < 4.78 is 0. The molecule has 0 saturated carbocycles. The zero-order valence-electron chi connectivity index (χ0n) is 16.9. The number of nitrogens with one attached hydrogen (secondary N) is 1. The summed E-state index contributed by atoms with van der Waals surface area (Å²) in [5.74, 6) is -1.30. The number of carbonyl (C=O) groups excluding carboxylic acids is 2. The Labute approximate surface area is 182 Å². The van der Waals surface area contributed by atoms with Crippen molar-refractivity contribution in [1.29, 1.82) is 0 Å². The van der Waals surface area contributed by atoms with Crippen LogP contribution < -0.4 is 5.32 Å². The molecule has 9 heteroatoms. The van der Waals surface area contributed by atoms with Crippen LogP contribution in [0.2, 0.25) is 0 Å². The van der Waals surface area contributed by atoms with E-state index in [1.165, 1.54) is 18.3 Å². The molecule has 32 heavy (non-hydrogen) atoms. The van der Waals surface area contributed by atoms with E-state index < -0.39 is 37.2 Å². The van der Waals surface area contributed by atoms with Gasteiger partial charge in [0.1, 0.15) is 11.3 Å². The summed E-state index contributed by atoms with van der Waals surface area (Å²) in [6, 6.07) is 14.4. The molecule has 0 bridgehead atoms. The Morgan fingerprint density at radius 3 is 2.19 bits per heavy atom. The van der Waals surface area contributed by atoms with Gasteiger partial charge in [-0.2, -0.15) is 10.1 Å². The number of para-hydroxylation sites is 1. The fourth-order valence-electron chi connectivity index (χ4n) is 3.57. The highest BCUT2D eigenvalue weighted by Crippen LogP contribution is 2.35. The quantitative estimate of drug-likeness (QED) is 0.278. The highest BCUT2D eigenvalue weighted by atomic mass is 16.3. The van der Waals surface area contributed by atoms with E-state index >= 15 is 0 Å². The van der Waals surface area contributed by atoms with Gasteiger partial charge in [-0.15, -0.1) is 0 Å². The second-order valence-electron chi connectivity index (χ2n) is 7.49. The second kappa shape index (κ2) is 8.39. The van der Waals surface area contributed by atoms with Crippen LogP contribution >= 0.6 is 0 Å². The molecule has 0 fully saturated rings. The number of phenolic OH excluding ortho intramolecular Hbond substituents is 1. The monoisotopic (exact) mass is 435 g/mol. The summed E-state index contributed by atoms with van der Waals surface area (Å²) in [4.78, 5) is 26.1. The number of phenols is 1. The van der Waals surface area contributed by atoms with Crippen molar-refractivity contribution in [3.05, 3.63) is 71.3 Å². The maximum Gasteiger partial charge on any atom is 0.282 e. The molecule has 9 nitrogen and oxygen atoms in total. The second-order valence-corrected chi connectivity index (χ2v) is 7.49. The lowest BCUT2D eigenvalue weighted by molar-refractivity contribution is 0.0616. The fraction of sp³-hybridized carbons (Fsp3) is 0.174. The number of imide groups is 1.